The van der Waals surface area contributed by atoms with Crippen LogP contribution in [0, 0.1) is 17.0 Å². The van der Waals surface area contributed by atoms with E-state index in [-0.39, 0.29) is 28.5 Å². The predicted molar refractivity (Wildman–Crippen MR) is 81.8 cm³/mol. The fourth-order valence-electron chi connectivity index (χ4n) is 2.66. The van der Waals surface area contributed by atoms with Gasteiger partial charge in [0.1, 0.15) is 5.69 Å². The van der Waals surface area contributed by atoms with Crippen molar-refractivity contribution in [2.24, 2.45) is 0 Å². The Bertz CT molecular complexity index is 518. The van der Waals surface area contributed by atoms with Crippen molar-refractivity contribution >= 4 is 23.1 Å². The van der Waals surface area contributed by atoms with E-state index < -0.39 is 4.92 Å². The first-order chi connectivity index (χ1) is 10.0. The highest BCUT2D eigenvalue weighted by Crippen LogP contribution is 2.28. The van der Waals surface area contributed by atoms with Crippen LogP contribution in [-0.2, 0) is 0 Å². The van der Waals surface area contributed by atoms with Crippen molar-refractivity contribution in [2.45, 2.75) is 39.2 Å². The van der Waals surface area contributed by atoms with E-state index in [2.05, 4.69) is 27.1 Å². The molecule has 0 aliphatic carbocycles. The summed E-state index contributed by atoms with van der Waals surface area (Å²) in [6.45, 7) is 6.83. The Labute approximate surface area is 128 Å². The van der Waals surface area contributed by atoms with E-state index in [4.69, 9.17) is 11.6 Å². The van der Waals surface area contributed by atoms with Gasteiger partial charge >= 0.3 is 5.69 Å². The summed E-state index contributed by atoms with van der Waals surface area (Å²) in [5, 5.41) is 14.4. The molecular formula is C13H20ClN5O2. The fraction of sp³-hybridized carbons (Fsp3) is 0.692. The van der Waals surface area contributed by atoms with Gasteiger partial charge in [0.2, 0.25) is 11.1 Å². The van der Waals surface area contributed by atoms with Crippen LogP contribution in [0.15, 0.2) is 0 Å². The molecule has 0 saturated carbocycles. The molecule has 1 aromatic rings. The van der Waals surface area contributed by atoms with Gasteiger partial charge in [-0.3, -0.25) is 10.1 Å². The second-order valence-corrected chi connectivity index (χ2v) is 5.63. The first-order valence-electron chi connectivity index (χ1n) is 7.18. The van der Waals surface area contributed by atoms with Crippen molar-refractivity contribution in [3.05, 3.63) is 21.1 Å². The van der Waals surface area contributed by atoms with Crippen molar-refractivity contribution in [1.82, 2.24) is 14.9 Å². The van der Waals surface area contributed by atoms with Gasteiger partial charge in [-0.05, 0) is 44.3 Å². The van der Waals surface area contributed by atoms with Crippen LogP contribution < -0.4 is 5.32 Å². The van der Waals surface area contributed by atoms with E-state index in [1.165, 1.54) is 0 Å². The molecule has 1 aliphatic heterocycles. The molecule has 0 unspecified atom stereocenters. The number of anilines is 1. The molecule has 0 bridgehead atoms. The molecule has 2 heterocycles. The molecule has 0 amide bonds. The van der Waals surface area contributed by atoms with Crippen LogP contribution in [0.3, 0.4) is 0 Å². The summed E-state index contributed by atoms with van der Waals surface area (Å²) < 4.78 is 0. The van der Waals surface area contributed by atoms with Crippen LogP contribution in [0.1, 0.15) is 31.9 Å². The standard InChI is InChI=1S/C13H20ClN5O2/c1-3-6-18-7-4-10(5-8-18)16-12-11(19(20)21)9(2)15-13(14)17-12/h10H,3-8H2,1-2H3,(H,15,16,17). The quantitative estimate of drug-likeness (QED) is 0.511. The number of piperidine rings is 1. The van der Waals surface area contributed by atoms with Crippen molar-refractivity contribution in [3.63, 3.8) is 0 Å². The van der Waals surface area contributed by atoms with E-state index in [9.17, 15) is 10.1 Å². The molecule has 1 fully saturated rings. The summed E-state index contributed by atoms with van der Waals surface area (Å²) >= 11 is 5.82. The number of halogens is 1. The Balaban J connectivity index is 2.08. The average molecular weight is 314 g/mol. The lowest BCUT2D eigenvalue weighted by molar-refractivity contribution is -0.385. The third-order valence-corrected chi connectivity index (χ3v) is 3.85. The second kappa shape index (κ2) is 7.00. The number of nitrogens with zero attached hydrogens (tertiary/aromatic N) is 4. The van der Waals surface area contributed by atoms with Gasteiger partial charge in [0.05, 0.1) is 4.92 Å². The van der Waals surface area contributed by atoms with Gasteiger partial charge in [-0.2, -0.15) is 4.98 Å². The SMILES string of the molecule is CCCN1CCC(Nc2nc(Cl)nc(C)c2[N+](=O)[O-])CC1. The first-order valence-corrected chi connectivity index (χ1v) is 7.56. The maximum atomic E-state index is 11.2. The molecule has 0 aromatic carbocycles. The number of rotatable bonds is 5. The Morgan fingerprint density at radius 3 is 2.67 bits per heavy atom. The number of aromatic nitrogens is 2. The lowest BCUT2D eigenvalue weighted by atomic mass is 10.0. The minimum absolute atomic E-state index is 0.0315. The highest BCUT2D eigenvalue weighted by Gasteiger charge is 2.25. The van der Waals surface area contributed by atoms with E-state index in [0.717, 1.165) is 38.9 Å². The number of aryl methyl sites for hydroxylation is 1. The molecule has 1 aliphatic rings. The monoisotopic (exact) mass is 313 g/mol. The zero-order valence-electron chi connectivity index (χ0n) is 12.3. The van der Waals surface area contributed by atoms with E-state index in [1.54, 1.807) is 6.92 Å². The third kappa shape index (κ3) is 4.01. The van der Waals surface area contributed by atoms with Gasteiger partial charge in [-0.15, -0.1) is 0 Å². The Kier molecular flexibility index (Phi) is 5.30. The highest BCUT2D eigenvalue weighted by molar-refractivity contribution is 6.28. The summed E-state index contributed by atoms with van der Waals surface area (Å²) in [7, 11) is 0. The number of likely N-dealkylation sites (tertiary alicyclic amines) is 1. The van der Waals surface area contributed by atoms with Crippen molar-refractivity contribution in [2.75, 3.05) is 25.0 Å². The van der Waals surface area contributed by atoms with Gasteiger partial charge in [-0.25, -0.2) is 4.98 Å². The minimum Gasteiger partial charge on any atom is -0.361 e. The molecule has 0 atom stereocenters. The first kappa shape index (κ1) is 15.9. The highest BCUT2D eigenvalue weighted by atomic mass is 35.5. The lowest BCUT2D eigenvalue weighted by Crippen LogP contribution is -2.39. The Morgan fingerprint density at radius 2 is 2.10 bits per heavy atom. The molecular weight excluding hydrogens is 294 g/mol. The van der Waals surface area contributed by atoms with E-state index in [1.807, 2.05) is 0 Å². The van der Waals surface area contributed by atoms with Crippen LogP contribution in [0.5, 0.6) is 0 Å². The molecule has 21 heavy (non-hydrogen) atoms. The third-order valence-electron chi connectivity index (χ3n) is 3.68. The van der Waals surface area contributed by atoms with Gasteiger partial charge in [-0.1, -0.05) is 6.92 Å². The Hall–Kier alpha value is -1.47. The smallest absolute Gasteiger partial charge is 0.332 e. The molecule has 7 nitrogen and oxygen atoms in total. The molecule has 1 N–H and O–H groups in total. The van der Waals surface area contributed by atoms with Crippen LogP contribution in [0.4, 0.5) is 11.5 Å². The van der Waals surface area contributed by atoms with Crippen LogP contribution in [0.25, 0.3) is 0 Å². The topological polar surface area (TPSA) is 84.2 Å². The number of hydrogen-bond acceptors (Lipinski definition) is 6. The summed E-state index contributed by atoms with van der Waals surface area (Å²) in [5.74, 6) is 0.228. The molecule has 1 aromatic heterocycles. The molecule has 116 valence electrons. The molecule has 0 spiro atoms. The Morgan fingerprint density at radius 1 is 1.43 bits per heavy atom. The van der Waals surface area contributed by atoms with Crippen molar-refractivity contribution in [3.8, 4) is 0 Å². The molecule has 8 heteroatoms. The van der Waals surface area contributed by atoms with Crippen molar-refractivity contribution < 1.29 is 4.92 Å². The zero-order chi connectivity index (χ0) is 15.4. The number of nitro groups is 1. The average Bonchev–Trinajstić information content (AvgIpc) is 2.40. The van der Waals surface area contributed by atoms with Crippen molar-refractivity contribution in [1.29, 1.82) is 0 Å². The molecule has 2 rings (SSSR count). The van der Waals surface area contributed by atoms with Gasteiger partial charge in [0.15, 0.2) is 0 Å². The summed E-state index contributed by atoms with van der Waals surface area (Å²) in [4.78, 5) is 21.0. The van der Waals surface area contributed by atoms with Crippen LogP contribution in [0.2, 0.25) is 5.28 Å². The van der Waals surface area contributed by atoms with Crippen LogP contribution in [-0.4, -0.2) is 45.5 Å². The van der Waals surface area contributed by atoms with Gasteiger partial charge in [0, 0.05) is 19.1 Å². The van der Waals surface area contributed by atoms with E-state index in [0.29, 0.717) is 0 Å². The maximum absolute atomic E-state index is 11.2. The lowest BCUT2D eigenvalue weighted by Gasteiger charge is -2.32. The second-order valence-electron chi connectivity index (χ2n) is 5.29. The summed E-state index contributed by atoms with van der Waals surface area (Å²) in [6.07, 6.45) is 3.03. The van der Waals surface area contributed by atoms with Gasteiger partial charge in [0.25, 0.3) is 0 Å². The summed E-state index contributed by atoms with van der Waals surface area (Å²) in [5.41, 5.74) is 0.196. The largest absolute Gasteiger partial charge is 0.361 e. The normalized spacial score (nSPS) is 16.9. The maximum Gasteiger partial charge on any atom is 0.332 e. The molecule has 1 saturated heterocycles. The molecule has 0 radical (unpaired) electrons. The van der Waals surface area contributed by atoms with Crippen LogP contribution >= 0.6 is 11.6 Å². The fourth-order valence-corrected chi connectivity index (χ4v) is 2.87. The number of nitrogens with one attached hydrogen (secondary N) is 1. The predicted octanol–water partition coefficient (Wildman–Crippen LogP) is 2.63. The van der Waals surface area contributed by atoms with Gasteiger partial charge < -0.3 is 10.2 Å². The number of hydrogen-bond donors (Lipinski definition) is 1. The minimum atomic E-state index is -0.458. The summed E-state index contributed by atoms with van der Waals surface area (Å²) in [6, 6.07) is 0.183. The zero-order valence-corrected chi connectivity index (χ0v) is 13.1. The van der Waals surface area contributed by atoms with E-state index >= 15 is 0 Å².